The van der Waals surface area contributed by atoms with Gasteiger partial charge >= 0.3 is 11.9 Å². The van der Waals surface area contributed by atoms with Crippen molar-refractivity contribution in [1.29, 1.82) is 0 Å². The van der Waals surface area contributed by atoms with Crippen LogP contribution in [0.1, 0.15) is 71.9 Å². The fraction of sp³-hybridized carbons (Fsp3) is 0.460. The lowest BCUT2D eigenvalue weighted by atomic mass is 9.94. The van der Waals surface area contributed by atoms with E-state index in [-0.39, 0.29) is 30.6 Å². The number of phenols is 1. The Labute approximate surface area is 407 Å². The van der Waals surface area contributed by atoms with Crippen LogP contribution in [0.15, 0.2) is 90.7 Å². The van der Waals surface area contributed by atoms with Gasteiger partial charge in [-0.25, -0.2) is 9.59 Å². The Morgan fingerprint density at radius 2 is 1.39 bits per heavy atom. The van der Waals surface area contributed by atoms with Crippen LogP contribution < -0.4 is 31.9 Å². The Morgan fingerprint density at radius 1 is 0.786 bits per heavy atom. The average Bonchev–Trinajstić information content (AvgIpc) is 3.32. The van der Waals surface area contributed by atoms with Crippen molar-refractivity contribution < 1.29 is 63.2 Å². The van der Waals surface area contributed by atoms with E-state index in [0.717, 1.165) is 16.0 Å². The number of aliphatic carboxylic acids is 2. The molecule has 0 saturated carbocycles. The first kappa shape index (κ1) is 57.0. The molecule has 20 heteroatoms. The zero-order valence-corrected chi connectivity index (χ0v) is 40.8. The Morgan fingerprint density at radius 3 is 1.97 bits per heavy atom. The number of allylic oxidation sites excluding steroid dienone is 2. The highest BCUT2D eigenvalue weighted by atomic mass is 16.5. The van der Waals surface area contributed by atoms with Crippen LogP contribution >= 0.6 is 0 Å². The number of carbonyl (C=O) groups is 9. The third-order valence-electron chi connectivity index (χ3n) is 12.1. The summed E-state index contributed by atoms with van der Waals surface area (Å²) >= 11 is 0. The van der Waals surface area contributed by atoms with Gasteiger partial charge in [0.2, 0.25) is 35.4 Å². The molecule has 7 amide bonds. The average molecular weight is 974 g/mol. The van der Waals surface area contributed by atoms with E-state index >= 15 is 0 Å². The number of likely N-dealkylation sites (N-methyl/N-ethyl adjacent to an activating group) is 1. The molecule has 0 radical (unpaired) electrons. The summed E-state index contributed by atoms with van der Waals surface area (Å²) in [5.41, 5.74) is 1.79. The zero-order valence-electron chi connectivity index (χ0n) is 40.8. The maximum Gasteiger partial charge on any atom is 0.327 e. The highest BCUT2D eigenvalue weighted by Crippen LogP contribution is 2.19. The maximum absolute atomic E-state index is 14.0. The molecule has 9 N–H and O–H groups in total. The van der Waals surface area contributed by atoms with Crippen molar-refractivity contribution in [3.05, 3.63) is 102 Å². The molecule has 0 aromatic heterocycles. The highest BCUT2D eigenvalue weighted by molar-refractivity contribution is 6.00. The van der Waals surface area contributed by atoms with Gasteiger partial charge in [-0.2, -0.15) is 0 Å². The summed E-state index contributed by atoms with van der Waals surface area (Å²) in [6.07, 6.45) is 4.41. The van der Waals surface area contributed by atoms with Gasteiger partial charge < -0.3 is 56.9 Å². The number of hydrogen-bond acceptors (Lipinski definition) is 11. The molecule has 1 aliphatic rings. The molecule has 2 aromatic carbocycles. The lowest BCUT2D eigenvalue weighted by Crippen LogP contribution is -2.59. The van der Waals surface area contributed by atoms with Crippen LogP contribution in [-0.4, -0.2) is 130 Å². The highest BCUT2D eigenvalue weighted by Gasteiger charge is 2.37. The first-order valence-electron chi connectivity index (χ1n) is 22.9. The number of phenolic OH excluding ortho intramolecular Hbond substituents is 1. The zero-order chi connectivity index (χ0) is 52.4. The molecule has 2 aromatic rings. The van der Waals surface area contributed by atoms with Gasteiger partial charge in [-0.3, -0.25) is 33.6 Å². The minimum Gasteiger partial charge on any atom is -0.508 e. The van der Waals surface area contributed by atoms with Gasteiger partial charge in [0.1, 0.15) is 41.7 Å². The molecule has 70 heavy (non-hydrogen) atoms. The number of nitrogens with zero attached hydrogens (tertiary/aromatic N) is 1. The first-order chi connectivity index (χ1) is 33.0. The van der Waals surface area contributed by atoms with Gasteiger partial charge in [-0.05, 0) is 56.4 Å². The number of rotatable bonds is 12. The standard InChI is InChI=1S/C50H67N7O13/c1-10-36-47(64)53-37(21-16-27(2)24-28(3)40(70-9)26-33-14-12-11-13-15-33)29(4)43(60)54-38(49(66)67)22-23-41(59)57(8)32(7)46(63)51-31(6)45(62)55-39(25-34-17-19-35(58)20-18-34)48(65)56-42(50(68)69)30(5)44(61)52-36/h11-21,24,28-31,36-40,42,58H,7,10,22-23,25-26H2,1-6,8-9H3,(H,51,63)(H,52,61)(H,53,64)(H,54,60)(H,55,62)(H,56,65)(H,66,67)(H,68,69)/b21-16+,27-24+/t28-,29-,30-,31+,36-,37-,38+,39-,40-,42+/m0/s1. The molecule has 0 bridgehead atoms. The molecule has 1 fully saturated rings. The lowest BCUT2D eigenvalue weighted by molar-refractivity contribution is -0.146. The van der Waals surface area contributed by atoms with Gasteiger partial charge in [0.05, 0.1) is 24.0 Å². The van der Waals surface area contributed by atoms with E-state index < -0.39 is 120 Å². The van der Waals surface area contributed by atoms with Crippen molar-refractivity contribution in [1.82, 2.24) is 36.8 Å². The lowest BCUT2D eigenvalue weighted by Gasteiger charge is -2.28. The number of benzene rings is 2. The Balaban J connectivity index is 2.06. The topological polar surface area (TPSA) is 299 Å². The number of amides is 7. The van der Waals surface area contributed by atoms with E-state index in [1.54, 1.807) is 33.1 Å². The summed E-state index contributed by atoms with van der Waals surface area (Å²) in [6.45, 7) is 12.9. The van der Waals surface area contributed by atoms with Crippen molar-refractivity contribution in [3.63, 3.8) is 0 Å². The van der Waals surface area contributed by atoms with E-state index in [2.05, 4.69) is 38.5 Å². The van der Waals surface area contributed by atoms with Crippen molar-refractivity contribution in [2.24, 2.45) is 17.8 Å². The van der Waals surface area contributed by atoms with Crippen molar-refractivity contribution in [2.45, 2.75) is 116 Å². The summed E-state index contributed by atoms with van der Waals surface area (Å²) in [6, 6.07) is 6.52. The molecule has 0 spiro atoms. The summed E-state index contributed by atoms with van der Waals surface area (Å²) in [5.74, 6) is -12.2. The minimum absolute atomic E-state index is 0.0207. The smallest absolute Gasteiger partial charge is 0.327 e. The van der Waals surface area contributed by atoms with E-state index in [0.29, 0.717) is 12.0 Å². The van der Waals surface area contributed by atoms with Crippen molar-refractivity contribution >= 4 is 53.3 Å². The largest absolute Gasteiger partial charge is 0.508 e. The summed E-state index contributed by atoms with van der Waals surface area (Å²) in [4.78, 5) is 122. The van der Waals surface area contributed by atoms with Gasteiger partial charge in [-0.15, -0.1) is 0 Å². The second-order valence-corrected chi connectivity index (χ2v) is 17.5. The number of carbonyl (C=O) groups excluding carboxylic acids is 7. The fourth-order valence-corrected chi connectivity index (χ4v) is 7.41. The predicted molar refractivity (Wildman–Crippen MR) is 257 cm³/mol. The van der Waals surface area contributed by atoms with Crippen LogP contribution in [0.5, 0.6) is 5.75 Å². The second kappa shape index (κ2) is 27.0. The molecule has 1 saturated heterocycles. The van der Waals surface area contributed by atoms with Gasteiger partial charge in [-0.1, -0.05) is 101 Å². The maximum atomic E-state index is 14.0. The van der Waals surface area contributed by atoms with Crippen LogP contribution in [-0.2, 0) is 60.7 Å². The first-order valence-corrected chi connectivity index (χ1v) is 22.9. The van der Waals surface area contributed by atoms with E-state index in [4.69, 9.17) is 4.74 Å². The Bertz CT molecular complexity index is 2280. The number of carboxylic acid groups (broad SMARTS) is 2. The van der Waals surface area contributed by atoms with E-state index in [1.165, 1.54) is 52.1 Å². The van der Waals surface area contributed by atoms with Crippen LogP contribution in [0.25, 0.3) is 0 Å². The Kier molecular flexibility index (Phi) is 22.0. The van der Waals surface area contributed by atoms with Gasteiger partial charge in [0.25, 0.3) is 5.91 Å². The van der Waals surface area contributed by atoms with Crippen LogP contribution in [0, 0.1) is 17.8 Å². The molecule has 0 unspecified atom stereocenters. The SMILES string of the molecule is C=C1C(=O)N[C@H](C)C(=O)N[C@@H](Cc2ccc(O)cc2)C(=O)N[C@@H](C(=O)O)[C@H](C)C(=O)N[C@@H](CC)C(=O)N[C@@H](/C=C/C(C)=C/[C@H](C)[C@H](Cc2ccccc2)OC)[C@H](C)C(=O)N[C@@H](C(=O)O)CCC(=O)N1C. The van der Waals surface area contributed by atoms with Gasteiger partial charge in [0, 0.05) is 32.9 Å². The number of hydrogen-bond donors (Lipinski definition) is 9. The second-order valence-electron chi connectivity index (χ2n) is 17.5. The molecule has 20 nitrogen and oxygen atoms in total. The Hall–Kier alpha value is -7.35. The normalized spacial score (nSPS) is 25.5. The number of methoxy groups -OCH3 is 1. The molecule has 10 atom stereocenters. The molecule has 3 rings (SSSR count). The van der Waals surface area contributed by atoms with Crippen molar-refractivity contribution in [3.8, 4) is 5.75 Å². The quantitative estimate of drug-likeness (QED) is 0.109. The monoisotopic (exact) mass is 973 g/mol. The van der Waals surface area contributed by atoms with Crippen LogP contribution in [0.2, 0.25) is 0 Å². The van der Waals surface area contributed by atoms with Gasteiger partial charge in [0.15, 0.2) is 0 Å². The minimum atomic E-state index is -1.90. The molecular formula is C50H67N7O13. The number of nitrogens with one attached hydrogen (secondary N) is 6. The predicted octanol–water partition coefficient (Wildman–Crippen LogP) is 1.88. The third kappa shape index (κ3) is 17.0. The van der Waals surface area contributed by atoms with Crippen LogP contribution in [0.3, 0.4) is 0 Å². The van der Waals surface area contributed by atoms with E-state index in [9.17, 15) is 58.5 Å². The number of carboxylic acids is 2. The molecule has 380 valence electrons. The number of aromatic hydroxyl groups is 1. The number of ether oxygens (including phenoxy) is 1. The molecular weight excluding hydrogens is 907 g/mol. The summed E-state index contributed by atoms with van der Waals surface area (Å²) in [5, 5.41) is 45.1. The van der Waals surface area contributed by atoms with E-state index in [1.807, 2.05) is 43.3 Å². The molecule has 1 heterocycles. The molecule has 0 aliphatic carbocycles. The third-order valence-corrected chi connectivity index (χ3v) is 12.1. The fourth-order valence-electron chi connectivity index (χ4n) is 7.41. The molecule has 1 aliphatic heterocycles. The van der Waals surface area contributed by atoms with Crippen molar-refractivity contribution in [2.75, 3.05) is 14.2 Å². The summed E-state index contributed by atoms with van der Waals surface area (Å²) < 4.78 is 5.80. The van der Waals surface area contributed by atoms with Crippen LogP contribution in [0.4, 0.5) is 0 Å². The summed E-state index contributed by atoms with van der Waals surface area (Å²) in [7, 11) is 2.82.